The fraction of sp³-hybridized carbons (Fsp3) is 0.909. The van der Waals surface area contributed by atoms with E-state index in [1.165, 1.54) is 25.0 Å². The van der Waals surface area contributed by atoms with E-state index in [9.17, 15) is 4.79 Å². The largest absolute Gasteiger partial charge is 0.481 e. The number of thioether (sulfide) groups is 1. The molecule has 0 heterocycles. The molecule has 2 nitrogen and oxygen atoms in total. The third-order valence-electron chi connectivity index (χ3n) is 1.99. The number of carbonyl (C=O) groups is 1. The number of aliphatic carboxylic acids is 1. The molecule has 0 rings (SSSR count). The molecule has 14 heavy (non-hydrogen) atoms. The normalized spacial score (nSPS) is 10.8. The van der Waals surface area contributed by atoms with Crippen molar-refractivity contribution in [1.82, 2.24) is 0 Å². The van der Waals surface area contributed by atoms with E-state index < -0.39 is 5.97 Å². The fourth-order valence-corrected chi connectivity index (χ4v) is 2.07. The lowest BCUT2D eigenvalue weighted by molar-refractivity contribution is -0.137. The molecule has 0 aromatic rings. The number of carboxylic acid groups (broad SMARTS) is 1. The Morgan fingerprint density at radius 2 is 1.71 bits per heavy atom. The van der Waals surface area contributed by atoms with Gasteiger partial charge in [0.2, 0.25) is 0 Å². The Morgan fingerprint density at radius 1 is 1.14 bits per heavy atom. The maximum atomic E-state index is 10.2. The predicted octanol–water partition coefficient (Wildman–Crippen LogP) is 3.55. The molecule has 0 aromatic heterocycles. The van der Waals surface area contributed by atoms with Crippen LogP contribution in [-0.2, 0) is 4.79 Å². The maximum absolute atomic E-state index is 10.2. The molecular weight excluding hydrogens is 196 g/mol. The molecule has 0 spiro atoms. The molecule has 0 bridgehead atoms. The molecule has 0 aliphatic carbocycles. The summed E-state index contributed by atoms with van der Waals surface area (Å²) in [5, 5.41) is 9.15. The molecule has 0 fully saturated rings. The van der Waals surface area contributed by atoms with Crippen LogP contribution in [0.25, 0.3) is 0 Å². The van der Waals surface area contributed by atoms with Gasteiger partial charge >= 0.3 is 5.97 Å². The minimum Gasteiger partial charge on any atom is -0.481 e. The van der Waals surface area contributed by atoms with Crippen LogP contribution in [0, 0.1) is 0 Å². The van der Waals surface area contributed by atoms with Crippen LogP contribution >= 0.6 is 11.8 Å². The van der Waals surface area contributed by atoms with Crippen molar-refractivity contribution in [2.24, 2.45) is 0 Å². The van der Waals surface area contributed by atoms with Gasteiger partial charge < -0.3 is 5.11 Å². The van der Waals surface area contributed by atoms with E-state index in [0.717, 1.165) is 18.1 Å². The highest BCUT2D eigenvalue weighted by molar-refractivity contribution is 7.99. The zero-order valence-electron chi connectivity index (χ0n) is 9.29. The second-order valence-corrected chi connectivity index (χ2v) is 5.52. The van der Waals surface area contributed by atoms with Crippen molar-refractivity contribution >= 4 is 17.7 Å². The van der Waals surface area contributed by atoms with Crippen LogP contribution in [0.5, 0.6) is 0 Å². The summed E-state index contributed by atoms with van der Waals surface area (Å²) in [5.41, 5.74) is 0. The Kier molecular flexibility index (Phi) is 9.26. The summed E-state index contributed by atoms with van der Waals surface area (Å²) in [6.45, 7) is 4.44. The molecule has 0 amide bonds. The first-order chi connectivity index (χ1) is 6.63. The van der Waals surface area contributed by atoms with Crippen molar-refractivity contribution in [2.75, 3.05) is 5.75 Å². The van der Waals surface area contributed by atoms with E-state index in [-0.39, 0.29) is 0 Å². The molecule has 84 valence electrons. The SMILES string of the molecule is CC(C)SCCCCCCCC(=O)O. The lowest BCUT2D eigenvalue weighted by Crippen LogP contribution is -1.94. The first-order valence-corrected chi connectivity index (χ1v) is 6.51. The van der Waals surface area contributed by atoms with Crippen LogP contribution in [0.2, 0.25) is 0 Å². The zero-order chi connectivity index (χ0) is 10.8. The van der Waals surface area contributed by atoms with E-state index >= 15 is 0 Å². The minimum absolute atomic E-state index is 0.334. The molecule has 0 aliphatic rings. The van der Waals surface area contributed by atoms with Gasteiger partial charge in [-0.2, -0.15) is 11.8 Å². The lowest BCUT2D eigenvalue weighted by atomic mass is 10.1. The topological polar surface area (TPSA) is 37.3 Å². The van der Waals surface area contributed by atoms with Crippen LogP contribution in [0.4, 0.5) is 0 Å². The molecule has 0 unspecified atom stereocenters. The zero-order valence-corrected chi connectivity index (χ0v) is 10.1. The Balaban J connectivity index is 2.96. The third kappa shape index (κ3) is 11.8. The van der Waals surface area contributed by atoms with Gasteiger partial charge in [0.25, 0.3) is 0 Å². The van der Waals surface area contributed by atoms with Crippen LogP contribution in [0.3, 0.4) is 0 Å². The summed E-state index contributed by atoms with van der Waals surface area (Å²) in [6.07, 6.45) is 5.95. The van der Waals surface area contributed by atoms with Crippen molar-refractivity contribution in [3.05, 3.63) is 0 Å². The standard InChI is InChI=1S/C11H22O2S/c1-10(2)14-9-7-5-3-4-6-8-11(12)13/h10H,3-9H2,1-2H3,(H,12,13). The van der Waals surface area contributed by atoms with Gasteiger partial charge in [0.05, 0.1) is 0 Å². The smallest absolute Gasteiger partial charge is 0.303 e. The molecule has 0 saturated carbocycles. The summed E-state index contributed by atoms with van der Waals surface area (Å²) in [5.74, 6) is 0.580. The van der Waals surface area contributed by atoms with Gasteiger partial charge in [-0.3, -0.25) is 4.79 Å². The van der Waals surface area contributed by atoms with E-state index in [0.29, 0.717) is 6.42 Å². The van der Waals surface area contributed by atoms with Gasteiger partial charge in [0.15, 0.2) is 0 Å². The predicted molar refractivity (Wildman–Crippen MR) is 62.9 cm³/mol. The van der Waals surface area contributed by atoms with Gasteiger partial charge in [0.1, 0.15) is 0 Å². The van der Waals surface area contributed by atoms with E-state index in [1.54, 1.807) is 0 Å². The highest BCUT2D eigenvalue weighted by Gasteiger charge is 1.97. The van der Waals surface area contributed by atoms with Crippen LogP contribution in [0.1, 0.15) is 52.4 Å². The van der Waals surface area contributed by atoms with Crippen molar-refractivity contribution in [3.63, 3.8) is 0 Å². The summed E-state index contributed by atoms with van der Waals surface area (Å²) in [7, 11) is 0. The van der Waals surface area contributed by atoms with E-state index in [4.69, 9.17) is 5.11 Å². The molecular formula is C11H22O2S. The van der Waals surface area contributed by atoms with Crippen molar-refractivity contribution in [1.29, 1.82) is 0 Å². The van der Waals surface area contributed by atoms with E-state index in [2.05, 4.69) is 13.8 Å². The van der Waals surface area contributed by atoms with Gasteiger partial charge in [-0.25, -0.2) is 0 Å². The third-order valence-corrected chi connectivity index (χ3v) is 3.18. The average molecular weight is 218 g/mol. The maximum Gasteiger partial charge on any atom is 0.303 e. The molecule has 1 N–H and O–H groups in total. The van der Waals surface area contributed by atoms with Crippen LogP contribution in [-0.4, -0.2) is 22.1 Å². The number of unbranched alkanes of at least 4 members (excludes halogenated alkanes) is 4. The van der Waals surface area contributed by atoms with Gasteiger partial charge in [-0.1, -0.05) is 33.1 Å². The highest BCUT2D eigenvalue weighted by Crippen LogP contribution is 2.13. The number of hydrogen-bond acceptors (Lipinski definition) is 2. The van der Waals surface area contributed by atoms with Crippen LogP contribution < -0.4 is 0 Å². The summed E-state index contributed by atoms with van der Waals surface area (Å²) in [6, 6.07) is 0. The van der Waals surface area contributed by atoms with Gasteiger partial charge in [-0.05, 0) is 23.8 Å². The van der Waals surface area contributed by atoms with Crippen molar-refractivity contribution in [2.45, 2.75) is 57.6 Å². The molecule has 0 saturated heterocycles. The quantitative estimate of drug-likeness (QED) is 0.601. The highest BCUT2D eigenvalue weighted by atomic mass is 32.2. The second-order valence-electron chi connectivity index (χ2n) is 3.83. The summed E-state index contributed by atoms with van der Waals surface area (Å²) in [4.78, 5) is 10.2. The lowest BCUT2D eigenvalue weighted by Gasteiger charge is -2.03. The molecule has 0 radical (unpaired) electrons. The molecule has 3 heteroatoms. The Morgan fingerprint density at radius 3 is 2.29 bits per heavy atom. The Hall–Kier alpha value is -0.180. The minimum atomic E-state index is -0.666. The number of carboxylic acids is 1. The molecule has 0 aliphatic heterocycles. The number of hydrogen-bond donors (Lipinski definition) is 1. The average Bonchev–Trinajstić information content (AvgIpc) is 2.08. The fourth-order valence-electron chi connectivity index (χ4n) is 1.23. The van der Waals surface area contributed by atoms with Crippen molar-refractivity contribution < 1.29 is 9.90 Å². The Bertz CT molecular complexity index is 146. The monoisotopic (exact) mass is 218 g/mol. The molecule has 0 atom stereocenters. The number of rotatable bonds is 9. The second kappa shape index (κ2) is 9.38. The Labute approximate surface area is 91.5 Å². The van der Waals surface area contributed by atoms with Gasteiger partial charge in [-0.15, -0.1) is 0 Å². The van der Waals surface area contributed by atoms with Crippen LogP contribution in [0.15, 0.2) is 0 Å². The van der Waals surface area contributed by atoms with Crippen molar-refractivity contribution in [3.8, 4) is 0 Å². The summed E-state index contributed by atoms with van der Waals surface area (Å²) < 4.78 is 0. The first-order valence-electron chi connectivity index (χ1n) is 5.46. The molecule has 0 aromatic carbocycles. The summed E-state index contributed by atoms with van der Waals surface area (Å²) >= 11 is 2.01. The first kappa shape index (κ1) is 13.8. The van der Waals surface area contributed by atoms with Gasteiger partial charge in [0, 0.05) is 6.42 Å². The van der Waals surface area contributed by atoms with E-state index in [1.807, 2.05) is 11.8 Å².